The zero-order valence-electron chi connectivity index (χ0n) is 12.0. The van der Waals surface area contributed by atoms with Crippen molar-refractivity contribution in [1.82, 2.24) is 5.32 Å². The number of hydrogen-bond acceptors (Lipinski definition) is 3. The number of ether oxygens (including phenoxy) is 2. The molecular weight excluding hydrogens is 245 g/mol. The molecular formula is C15H22FNO2. The molecule has 3 nitrogen and oxygen atoms in total. The molecule has 19 heavy (non-hydrogen) atoms. The van der Waals surface area contributed by atoms with Crippen LogP contribution in [0.4, 0.5) is 4.39 Å². The second-order valence-electron chi connectivity index (χ2n) is 5.51. The van der Waals surface area contributed by atoms with Crippen LogP contribution in [0.25, 0.3) is 0 Å². The molecule has 0 spiro atoms. The van der Waals surface area contributed by atoms with Crippen molar-refractivity contribution in [3.8, 4) is 11.5 Å². The fraction of sp³-hybridized carbons (Fsp3) is 0.600. The summed E-state index contributed by atoms with van der Waals surface area (Å²) >= 11 is 0. The van der Waals surface area contributed by atoms with Crippen molar-refractivity contribution in [1.29, 1.82) is 0 Å². The summed E-state index contributed by atoms with van der Waals surface area (Å²) in [6, 6.07) is 3.19. The highest BCUT2D eigenvalue weighted by Gasteiger charge is 2.33. The van der Waals surface area contributed by atoms with Crippen LogP contribution in [0.15, 0.2) is 12.1 Å². The standard InChI is InChI=1S/C15H22FNO2/c1-10(2)19-14-9-12(16)11(8-13(14)18-4)15(3)6-5-7-17-15/h8-10,17H,5-7H2,1-4H3. The molecule has 2 rings (SSSR count). The summed E-state index contributed by atoms with van der Waals surface area (Å²) in [6.45, 7) is 6.76. The Morgan fingerprint density at radius 1 is 1.32 bits per heavy atom. The predicted molar refractivity (Wildman–Crippen MR) is 73.3 cm³/mol. The molecule has 1 unspecified atom stereocenters. The van der Waals surface area contributed by atoms with Crippen molar-refractivity contribution >= 4 is 0 Å². The van der Waals surface area contributed by atoms with Crippen LogP contribution in [0.1, 0.15) is 39.2 Å². The molecule has 4 heteroatoms. The van der Waals surface area contributed by atoms with Crippen molar-refractivity contribution < 1.29 is 13.9 Å². The fourth-order valence-corrected chi connectivity index (χ4v) is 2.59. The van der Waals surface area contributed by atoms with Gasteiger partial charge in [0.2, 0.25) is 0 Å². The van der Waals surface area contributed by atoms with Crippen LogP contribution in [-0.2, 0) is 5.54 Å². The molecule has 0 amide bonds. The molecule has 1 saturated heterocycles. The van der Waals surface area contributed by atoms with Crippen molar-refractivity contribution in [3.05, 3.63) is 23.5 Å². The minimum Gasteiger partial charge on any atom is -0.493 e. The number of hydrogen-bond donors (Lipinski definition) is 1. The van der Waals surface area contributed by atoms with Crippen LogP contribution in [0.2, 0.25) is 0 Å². The number of halogens is 1. The highest BCUT2D eigenvalue weighted by molar-refractivity contribution is 5.46. The molecule has 1 aliphatic heterocycles. The summed E-state index contributed by atoms with van der Waals surface area (Å²) in [5.41, 5.74) is 0.339. The molecule has 1 N–H and O–H groups in total. The third kappa shape index (κ3) is 2.84. The summed E-state index contributed by atoms with van der Waals surface area (Å²) in [4.78, 5) is 0. The van der Waals surface area contributed by atoms with E-state index < -0.39 is 0 Å². The third-order valence-corrected chi connectivity index (χ3v) is 3.58. The quantitative estimate of drug-likeness (QED) is 0.908. The van der Waals surface area contributed by atoms with Gasteiger partial charge < -0.3 is 14.8 Å². The van der Waals surface area contributed by atoms with E-state index in [0.717, 1.165) is 19.4 Å². The Bertz CT molecular complexity index is 454. The van der Waals surface area contributed by atoms with Gasteiger partial charge >= 0.3 is 0 Å². The van der Waals surface area contributed by atoms with E-state index in [9.17, 15) is 4.39 Å². The van der Waals surface area contributed by atoms with Crippen LogP contribution in [0.5, 0.6) is 11.5 Å². The predicted octanol–water partition coefficient (Wildman–Crippen LogP) is 3.22. The van der Waals surface area contributed by atoms with E-state index in [1.165, 1.54) is 6.07 Å². The lowest BCUT2D eigenvalue weighted by Crippen LogP contribution is -2.34. The van der Waals surface area contributed by atoms with Gasteiger partial charge in [-0.15, -0.1) is 0 Å². The summed E-state index contributed by atoms with van der Waals surface area (Å²) < 4.78 is 25.2. The van der Waals surface area contributed by atoms with E-state index in [4.69, 9.17) is 9.47 Å². The van der Waals surface area contributed by atoms with Gasteiger partial charge in [0.1, 0.15) is 5.82 Å². The maximum absolute atomic E-state index is 14.3. The van der Waals surface area contributed by atoms with E-state index in [0.29, 0.717) is 17.1 Å². The molecule has 1 aromatic carbocycles. The van der Waals surface area contributed by atoms with Crippen LogP contribution in [0.3, 0.4) is 0 Å². The summed E-state index contributed by atoms with van der Waals surface area (Å²) in [5, 5.41) is 3.37. The van der Waals surface area contributed by atoms with Gasteiger partial charge in [0.25, 0.3) is 0 Å². The first-order chi connectivity index (χ1) is 8.96. The molecule has 1 atom stereocenters. The largest absolute Gasteiger partial charge is 0.493 e. The number of benzene rings is 1. The summed E-state index contributed by atoms with van der Waals surface area (Å²) in [6.07, 6.45) is 1.97. The summed E-state index contributed by atoms with van der Waals surface area (Å²) in [5.74, 6) is 0.800. The topological polar surface area (TPSA) is 30.5 Å². The first kappa shape index (κ1) is 14.1. The highest BCUT2D eigenvalue weighted by Crippen LogP contribution is 2.38. The second-order valence-corrected chi connectivity index (χ2v) is 5.51. The smallest absolute Gasteiger partial charge is 0.164 e. The van der Waals surface area contributed by atoms with Crippen LogP contribution in [-0.4, -0.2) is 19.8 Å². The number of rotatable bonds is 4. The molecule has 1 aliphatic rings. The SMILES string of the molecule is COc1cc(C2(C)CCCN2)c(F)cc1OC(C)C. The van der Waals surface area contributed by atoms with E-state index in [1.54, 1.807) is 13.2 Å². The third-order valence-electron chi connectivity index (χ3n) is 3.58. The first-order valence-corrected chi connectivity index (χ1v) is 6.76. The van der Waals surface area contributed by atoms with Gasteiger partial charge in [-0.1, -0.05) is 0 Å². The minimum atomic E-state index is -0.312. The number of nitrogens with one attached hydrogen (secondary N) is 1. The second kappa shape index (κ2) is 5.37. The zero-order chi connectivity index (χ0) is 14.0. The van der Waals surface area contributed by atoms with Crippen molar-refractivity contribution in [2.24, 2.45) is 0 Å². The Hall–Kier alpha value is -1.29. The van der Waals surface area contributed by atoms with Gasteiger partial charge in [-0.05, 0) is 46.2 Å². The van der Waals surface area contributed by atoms with Gasteiger partial charge in [-0.3, -0.25) is 0 Å². The van der Waals surface area contributed by atoms with Gasteiger partial charge in [0.05, 0.1) is 13.2 Å². The maximum Gasteiger partial charge on any atom is 0.164 e. The molecule has 0 aromatic heterocycles. The van der Waals surface area contributed by atoms with E-state index in [2.05, 4.69) is 5.32 Å². The van der Waals surface area contributed by atoms with Crippen molar-refractivity contribution in [2.75, 3.05) is 13.7 Å². The van der Waals surface area contributed by atoms with Crippen LogP contribution in [0, 0.1) is 5.82 Å². The van der Waals surface area contributed by atoms with Gasteiger partial charge in [-0.25, -0.2) is 4.39 Å². The molecule has 0 saturated carbocycles. The van der Waals surface area contributed by atoms with E-state index in [-0.39, 0.29) is 17.5 Å². The average Bonchev–Trinajstić information content (AvgIpc) is 2.76. The van der Waals surface area contributed by atoms with Gasteiger partial charge in [0.15, 0.2) is 11.5 Å². The maximum atomic E-state index is 14.3. The lowest BCUT2D eigenvalue weighted by Gasteiger charge is -2.27. The molecule has 1 aromatic rings. The Balaban J connectivity index is 2.41. The lowest BCUT2D eigenvalue weighted by molar-refractivity contribution is 0.228. The van der Waals surface area contributed by atoms with Crippen molar-refractivity contribution in [3.63, 3.8) is 0 Å². The summed E-state index contributed by atoms with van der Waals surface area (Å²) in [7, 11) is 1.58. The zero-order valence-corrected chi connectivity index (χ0v) is 12.0. The molecule has 1 fully saturated rings. The van der Waals surface area contributed by atoms with Gasteiger partial charge in [-0.2, -0.15) is 0 Å². The monoisotopic (exact) mass is 267 g/mol. The van der Waals surface area contributed by atoms with Crippen LogP contribution < -0.4 is 14.8 Å². The molecule has 0 aliphatic carbocycles. The highest BCUT2D eigenvalue weighted by atomic mass is 19.1. The molecule has 1 heterocycles. The van der Waals surface area contributed by atoms with E-state index >= 15 is 0 Å². The lowest BCUT2D eigenvalue weighted by atomic mass is 9.90. The Morgan fingerprint density at radius 2 is 2.05 bits per heavy atom. The molecule has 0 radical (unpaired) electrons. The normalized spacial score (nSPS) is 22.8. The first-order valence-electron chi connectivity index (χ1n) is 6.76. The molecule has 0 bridgehead atoms. The number of methoxy groups -OCH3 is 1. The van der Waals surface area contributed by atoms with Crippen molar-refractivity contribution in [2.45, 2.75) is 45.3 Å². The minimum absolute atomic E-state index is 0.0145. The van der Waals surface area contributed by atoms with Gasteiger partial charge in [0, 0.05) is 17.2 Å². The van der Waals surface area contributed by atoms with Crippen LogP contribution >= 0.6 is 0 Å². The van der Waals surface area contributed by atoms with E-state index in [1.807, 2.05) is 20.8 Å². The Kier molecular flexibility index (Phi) is 3.99. The molecule has 106 valence electrons. The Labute approximate surface area is 114 Å². The average molecular weight is 267 g/mol. The Morgan fingerprint density at radius 3 is 2.58 bits per heavy atom. The fourth-order valence-electron chi connectivity index (χ4n) is 2.59.